The molecule has 0 unspecified atom stereocenters. The van der Waals surface area contributed by atoms with Crippen molar-refractivity contribution in [2.45, 2.75) is 0 Å². The van der Waals surface area contributed by atoms with Gasteiger partial charge in [0.25, 0.3) is 0 Å². The van der Waals surface area contributed by atoms with Gasteiger partial charge < -0.3 is 9.64 Å². The Morgan fingerprint density at radius 1 is 0.367 bits per heavy atom. The highest BCUT2D eigenvalue weighted by Crippen LogP contribution is 2.50. The average Bonchev–Trinajstić information content (AvgIpc) is 3.54. The third-order valence-corrected chi connectivity index (χ3v) is 10.8. The van der Waals surface area contributed by atoms with Crippen molar-refractivity contribution < 1.29 is 4.74 Å². The molecule has 0 atom stereocenters. The molecular weight excluding hydrogens is 615 g/mol. The van der Waals surface area contributed by atoms with E-state index in [-0.39, 0.29) is 0 Å². The third kappa shape index (κ3) is 4.62. The van der Waals surface area contributed by atoms with E-state index in [1.807, 2.05) is 17.4 Å². The fraction of sp³-hybridized carbons (Fsp3) is 0. The van der Waals surface area contributed by atoms with Crippen LogP contribution in [-0.2, 0) is 0 Å². The minimum atomic E-state index is 0.893. The van der Waals surface area contributed by atoms with Crippen molar-refractivity contribution in [3.63, 3.8) is 0 Å². The summed E-state index contributed by atoms with van der Waals surface area (Å²) in [4.78, 5) is 2.37. The zero-order valence-corrected chi connectivity index (χ0v) is 27.3. The van der Waals surface area contributed by atoms with Crippen LogP contribution in [0.2, 0.25) is 0 Å². The molecule has 3 heteroatoms. The highest BCUT2D eigenvalue weighted by molar-refractivity contribution is 7.25. The van der Waals surface area contributed by atoms with E-state index in [1.165, 1.54) is 42.2 Å². The lowest BCUT2D eigenvalue weighted by atomic mass is 9.89. The molecule has 0 N–H and O–H groups in total. The lowest BCUT2D eigenvalue weighted by Gasteiger charge is -2.26. The van der Waals surface area contributed by atoms with Crippen LogP contribution in [-0.4, -0.2) is 0 Å². The monoisotopic (exact) mass is 643 g/mol. The molecule has 49 heavy (non-hydrogen) atoms. The number of hydrogen-bond donors (Lipinski definition) is 0. The van der Waals surface area contributed by atoms with Gasteiger partial charge in [-0.3, -0.25) is 0 Å². The molecule has 0 saturated heterocycles. The summed E-state index contributed by atoms with van der Waals surface area (Å²) < 4.78 is 9.25. The first-order chi connectivity index (χ1) is 24.3. The summed E-state index contributed by atoms with van der Waals surface area (Å²) in [5, 5.41) is 4.92. The Morgan fingerprint density at radius 3 is 1.96 bits per heavy atom. The van der Waals surface area contributed by atoms with Gasteiger partial charge >= 0.3 is 0 Å². The molecule has 9 aromatic rings. The standard InChI is InChI=1S/C46H29NOS/c1-3-11-30(12-4-1)31-21-23-37-40-19-10-18-39-36(24-25-42(46(39)40)48-43(37)28-31)32-13-9-16-34(27-32)47(33-14-5-2-6-15-33)35-22-26-45-41(29-35)38-17-7-8-20-44(38)49-45/h1-29H. The van der Waals surface area contributed by atoms with Gasteiger partial charge in [0.2, 0.25) is 0 Å². The Bertz CT molecular complexity index is 2690. The smallest absolute Gasteiger partial charge is 0.135 e. The summed E-state index contributed by atoms with van der Waals surface area (Å²) in [6.07, 6.45) is 0. The van der Waals surface area contributed by atoms with Crippen LogP contribution in [0.1, 0.15) is 0 Å². The number of fused-ring (bicyclic) bond motifs is 5. The Hall–Kier alpha value is -6.16. The fourth-order valence-corrected chi connectivity index (χ4v) is 8.47. The number of anilines is 3. The normalized spacial score (nSPS) is 11.8. The zero-order chi connectivity index (χ0) is 32.3. The van der Waals surface area contributed by atoms with Crippen molar-refractivity contribution in [3.05, 3.63) is 176 Å². The summed E-state index contributed by atoms with van der Waals surface area (Å²) in [6.45, 7) is 0. The molecular formula is C46H29NOS. The quantitative estimate of drug-likeness (QED) is 0.185. The fourth-order valence-electron chi connectivity index (χ4n) is 7.38. The van der Waals surface area contributed by atoms with Gasteiger partial charge in [-0.15, -0.1) is 11.3 Å². The first kappa shape index (κ1) is 27.9. The van der Waals surface area contributed by atoms with E-state index >= 15 is 0 Å². The van der Waals surface area contributed by atoms with E-state index in [0.29, 0.717) is 0 Å². The molecule has 2 heterocycles. The molecule has 0 aliphatic carbocycles. The molecule has 0 spiro atoms. The van der Waals surface area contributed by atoms with E-state index in [2.05, 4.69) is 175 Å². The number of thiophene rings is 1. The van der Waals surface area contributed by atoms with Crippen molar-refractivity contribution in [2.75, 3.05) is 4.90 Å². The molecule has 1 aliphatic rings. The van der Waals surface area contributed by atoms with Crippen LogP contribution in [0.25, 0.3) is 64.3 Å². The lowest BCUT2D eigenvalue weighted by molar-refractivity contribution is 0.487. The summed E-state index contributed by atoms with van der Waals surface area (Å²) in [5.74, 6) is 1.79. The predicted molar refractivity (Wildman–Crippen MR) is 208 cm³/mol. The summed E-state index contributed by atoms with van der Waals surface area (Å²) >= 11 is 1.85. The number of benzene rings is 8. The van der Waals surface area contributed by atoms with Gasteiger partial charge in [-0.2, -0.15) is 0 Å². The summed E-state index contributed by atoms with van der Waals surface area (Å²) in [5.41, 5.74) is 10.4. The molecule has 10 rings (SSSR count). The number of hydrogen-bond acceptors (Lipinski definition) is 3. The van der Waals surface area contributed by atoms with Gasteiger partial charge in [-0.05, 0) is 99.9 Å². The lowest BCUT2D eigenvalue weighted by Crippen LogP contribution is -2.09. The molecule has 0 radical (unpaired) electrons. The van der Waals surface area contributed by atoms with Gasteiger partial charge in [0.1, 0.15) is 11.5 Å². The van der Waals surface area contributed by atoms with E-state index in [4.69, 9.17) is 4.74 Å². The van der Waals surface area contributed by atoms with Crippen LogP contribution in [0.5, 0.6) is 11.5 Å². The maximum absolute atomic E-state index is 6.63. The third-order valence-electron chi connectivity index (χ3n) is 9.65. The van der Waals surface area contributed by atoms with Crippen molar-refractivity contribution in [3.8, 4) is 44.9 Å². The molecule has 230 valence electrons. The molecule has 0 fully saturated rings. The SMILES string of the molecule is c1ccc(-c2ccc3c(c2)Oc2ccc(-c4cccc(N(c5ccccc5)c5ccc6sc7ccccc7c6c5)c4)c4cccc-3c24)cc1. The second-order valence-electron chi connectivity index (χ2n) is 12.5. The van der Waals surface area contributed by atoms with Crippen LogP contribution >= 0.6 is 11.3 Å². The first-order valence-corrected chi connectivity index (χ1v) is 17.4. The van der Waals surface area contributed by atoms with Crippen LogP contribution in [0, 0.1) is 0 Å². The first-order valence-electron chi connectivity index (χ1n) is 16.6. The Kier molecular flexibility index (Phi) is 6.39. The zero-order valence-electron chi connectivity index (χ0n) is 26.5. The number of para-hydroxylation sites is 1. The number of nitrogens with zero attached hydrogens (tertiary/aromatic N) is 1. The Labute approximate surface area is 288 Å². The highest BCUT2D eigenvalue weighted by Gasteiger charge is 2.23. The van der Waals surface area contributed by atoms with E-state index in [1.54, 1.807) is 0 Å². The summed E-state index contributed by atoms with van der Waals surface area (Å²) in [6, 6.07) is 63.1. The predicted octanol–water partition coefficient (Wildman–Crippen LogP) is 13.8. The molecule has 1 aliphatic heterocycles. The van der Waals surface area contributed by atoms with Crippen LogP contribution < -0.4 is 9.64 Å². The molecule has 2 nitrogen and oxygen atoms in total. The van der Waals surface area contributed by atoms with Crippen LogP contribution in [0.15, 0.2) is 176 Å². The van der Waals surface area contributed by atoms with E-state index in [0.717, 1.165) is 50.6 Å². The van der Waals surface area contributed by atoms with Gasteiger partial charge in [0.15, 0.2) is 0 Å². The van der Waals surface area contributed by atoms with Crippen molar-refractivity contribution in [1.29, 1.82) is 0 Å². The number of rotatable bonds is 5. The molecule has 0 saturated carbocycles. The maximum Gasteiger partial charge on any atom is 0.135 e. The van der Waals surface area contributed by atoms with Gasteiger partial charge in [0.05, 0.1) is 0 Å². The minimum Gasteiger partial charge on any atom is -0.456 e. The molecule has 1 aromatic heterocycles. The Balaban J connectivity index is 1.10. The van der Waals surface area contributed by atoms with Gasteiger partial charge in [-0.1, -0.05) is 109 Å². The van der Waals surface area contributed by atoms with Crippen molar-refractivity contribution >= 4 is 59.3 Å². The molecule has 0 amide bonds. The minimum absolute atomic E-state index is 0.893. The van der Waals surface area contributed by atoms with E-state index in [9.17, 15) is 0 Å². The van der Waals surface area contributed by atoms with Gasteiger partial charge in [-0.25, -0.2) is 0 Å². The van der Waals surface area contributed by atoms with Crippen molar-refractivity contribution in [1.82, 2.24) is 0 Å². The second-order valence-corrected chi connectivity index (χ2v) is 13.6. The maximum atomic E-state index is 6.63. The number of ether oxygens (including phenoxy) is 1. The summed E-state index contributed by atoms with van der Waals surface area (Å²) in [7, 11) is 0. The van der Waals surface area contributed by atoms with Gasteiger partial charge in [0, 0.05) is 48.2 Å². The Morgan fingerprint density at radius 2 is 1.06 bits per heavy atom. The van der Waals surface area contributed by atoms with E-state index < -0.39 is 0 Å². The largest absolute Gasteiger partial charge is 0.456 e. The molecule has 0 bridgehead atoms. The van der Waals surface area contributed by atoms with Crippen LogP contribution in [0.4, 0.5) is 17.1 Å². The molecule has 8 aromatic carbocycles. The van der Waals surface area contributed by atoms with Crippen molar-refractivity contribution in [2.24, 2.45) is 0 Å². The highest BCUT2D eigenvalue weighted by atomic mass is 32.1. The second kappa shape index (κ2) is 11.2. The topological polar surface area (TPSA) is 12.5 Å². The average molecular weight is 644 g/mol. The van der Waals surface area contributed by atoms with Crippen LogP contribution in [0.3, 0.4) is 0 Å².